The van der Waals surface area contributed by atoms with Crippen molar-refractivity contribution in [1.29, 1.82) is 0 Å². The second-order valence-corrected chi connectivity index (χ2v) is 3.43. The number of para-hydroxylation sites is 2. The second kappa shape index (κ2) is 6.95. The van der Waals surface area contributed by atoms with Crippen LogP contribution in [0.1, 0.15) is 0 Å². The first-order valence-electron chi connectivity index (χ1n) is 5.35. The molecule has 0 radical (unpaired) electrons. The molecule has 0 spiro atoms. The highest BCUT2D eigenvalue weighted by molar-refractivity contribution is 5.93. The molecule has 106 valence electrons. The van der Waals surface area contributed by atoms with Gasteiger partial charge in [-0.1, -0.05) is 12.1 Å². The molecule has 1 aromatic carbocycles. The van der Waals surface area contributed by atoms with E-state index in [1.165, 1.54) is 18.2 Å². The molecule has 1 aromatic rings. The Bertz CT molecular complexity index is 424. The molecule has 5 nitrogen and oxygen atoms in total. The number of carbonyl (C=O) groups excluding carboxylic acids is 1. The van der Waals surface area contributed by atoms with Crippen molar-refractivity contribution in [2.75, 3.05) is 25.1 Å². The topological polar surface area (TPSA) is 73.6 Å². The van der Waals surface area contributed by atoms with Crippen LogP contribution in [0, 0.1) is 0 Å². The van der Waals surface area contributed by atoms with E-state index in [1.807, 2.05) is 0 Å². The Kier molecular flexibility index (Phi) is 5.58. The van der Waals surface area contributed by atoms with E-state index in [-0.39, 0.29) is 25.4 Å². The molecule has 8 heteroatoms. The predicted molar refractivity (Wildman–Crippen MR) is 61.6 cm³/mol. The quantitative estimate of drug-likeness (QED) is 0.773. The minimum Gasteiger partial charge on any atom is -0.404 e. The molecular formula is C11H13F3N2O3. The third-order valence-electron chi connectivity index (χ3n) is 1.88. The molecular weight excluding hydrogens is 265 g/mol. The van der Waals surface area contributed by atoms with Crippen LogP contribution in [0.2, 0.25) is 0 Å². The molecule has 0 unspecified atom stereocenters. The first kappa shape index (κ1) is 15.3. The fraction of sp³-hybridized carbons (Fsp3) is 0.364. The van der Waals surface area contributed by atoms with Crippen molar-refractivity contribution in [3.8, 4) is 5.75 Å². The summed E-state index contributed by atoms with van der Waals surface area (Å²) in [4.78, 5) is 11.4. The molecule has 0 bridgehead atoms. The van der Waals surface area contributed by atoms with Gasteiger partial charge in [-0.2, -0.15) is 0 Å². The zero-order chi connectivity index (χ0) is 14.3. The van der Waals surface area contributed by atoms with Crippen LogP contribution in [-0.2, 0) is 9.53 Å². The maximum atomic E-state index is 12.1. The average molecular weight is 278 g/mol. The molecule has 1 rings (SSSR count). The van der Waals surface area contributed by atoms with E-state index in [0.717, 1.165) is 6.07 Å². The Morgan fingerprint density at radius 3 is 2.63 bits per heavy atom. The van der Waals surface area contributed by atoms with Crippen LogP contribution >= 0.6 is 0 Å². The van der Waals surface area contributed by atoms with E-state index >= 15 is 0 Å². The van der Waals surface area contributed by atoms with Gasteiger partial charge in [0.2, 0.25) is 5.91 Å². The molecule has 0 aliphatic heterocycles. The fourth-order valence-electron chi connectivity index (χ4n) is 1.22. The van der Waals surface area contributed by atoms with Crippen LogP contribution < -0.4 is 15.8 Å². The summed E-state index contributed by atoms with van der Waals surface area (Å²) in [6.07, 6.45) is -4.82. The van der Waals surface area contributed by atoms with Crippen molar-refractivity contribution in [3.05, 3.63) is 24.3 Å². The van der Waals surface area contributed by atoms with E-state index in [9.17, 15) is 18.0 Å². The van der Waals surface area contributed by atoms with Crippen molar-refractivity contribution in [3.63, 3.8) is 0 Å². The number of anilines is 1. The minimum atomic E-state index is -4.82. The smallest absolute Gasteiger partial charge is 0.404 e. The number of nitrogens with two attached hydrogens (primary N) is 1. The number of hydrogen-bond donors (Lipinski definition) is 2. The normalized spacial score (nSPS) is 11.2. The molecule has 19 heavy (non-hydrogen) atoms. The summed E-state index contributed by atoms with van der Waals surface area (Å²) in [5.41, 5.74) is 5.08. The van der Waals surface area contributed by atoms with Gasteiger partial charge in [-0.05, 0) is 12.1 Å². The lowest BCUT2D eigenvalue weighted by Gasteiger charge is -2.13. The molecule has 0 aliphatic rings. The third kappa shape index (κ3) is 6.07. The largest absolute Gasteiger partial charge is 0.573 e. The Labute approximate surface area is 107 Å². The summed E-state index contributed by atoms with van der Waals surface area (Å²) in [7, 11) is 0. The first-order chi connectivity index (χ1) is 8.92. The molecule has 1 amide bonds. The summed E-state index contributed by atoms with van der Waals surface area (Å²) in [5.74, 6) is -1.08. The zero-order valence-corrected chi connectivity index (χ0v) is 9.87. The van der Waals surface area contributed by atoms with Gasteiger partial charge in [-0.25, -0.2) is 0 Å². The van der Waals surface area contributed by atoms with Gasteiger partial charge in [-0.15, -0.1) is 13.2 Å². The number of nitrogens with one attached hydrogen (secondary N) is 1. The van der Waals surface area contributed by atoms with Gasteiger partial charge in [0.25, 0.3) is 0 Å². The van der Waals surface area contributed by atoms with E-state index in [2.05, 4.69) is 10.1 Å². The van der Waals surface area contributed by atoms with Gasteiger partial charge >= 0.3 is 6.36 Å². The standard InChI is InChI=1S/C11H13F3N2O3/c12-11(13,14)19-9-4-2-1-3-8(9)16-10(17)7-18-6-5-15/h1-4H,5-7,15H2,(H,16,17). The van der Waals surface area contributed by atoms with Crippen LogP contribution in [0.4, 0.5) is 18.9 Å². The van der Waals surface area contributed by atoms with E-state index < -0.39 is 18.0 Å². The lowest BCUT2D eigenvalue weighted by molar-refractivity contribution is -0.274. The van der Waals surface area contributed by atoms with Gasteiger partial charge in [0.15, 0.2) is 5.75 Å². The Morgan fingerprint density at radius 2 is 2.00 bits per heavy atom. The SMILES string of the molecule is NCCOCC(=O)Nc1ccccc1OC(F)(F)F. The van der Waals surface area contributed by atoms with Crippen LogP contribution in [-0.4, -0.2) is 32.0 Å². The van der Waals surface area contributed by atoms with Crippen molar-refractivity contribution in [2.45, 2.75) is 6.36 Å². The highest BCUT2D eigenvalue weighted by Crippen LogP contribution is 2.29. The Morgan fingerprint density at radius 1 is 1.32 bits per heavy atom. The maximum Gasteiger partial charge on any atom is 0.573 e. The molecule has 0 aliphatic carbocycles. The van der Waals surface area contributed by atoms with Gasteiger partial charge in [0.1, 0.15) is 6.61 Å². The van der Waals surface area contributed by atoms with Gasteiger partial charge in [0, 0.05) is 6.54 Å². The van der Waals surface area contributed by atoms with E-state index in [4.69, 9.17) is 10.5 Å². The van der Waals surface area contributed by atoms with E-state index in [0.29, 0.717) is 0 Å². The fourth-order valence-corrected chi connectivity index (χ4v) is 1.22. The second-order valence-electron chi connectivity index (χ2n) is 3.43. The molecule has 0 saturated carbocycles. The van der Waals surface area contributed by atoms with Crippen molar-refractivity contribution in [2.24, 2.45) is 5.73 Å². The monoisotopic (exact) mass is 278 g/mol. The predicted octanol–water partition coefficient (Wildman–Crippen LogP) is 1.50. The summed E-state index contributed by atoms with van der Waals surface area (Å²) in [6.45, 7) is 0.146. The summed E-state index contributed by atoms with van der Waals surface area (Å²) in [6, 6.07) is 5.23. The zero-order valence-electron chi connectivity index (χ0n) is 9.87. The Hall–Kier alpha value is -1.80. The first-order valence-corrected chi connectivity index (χ1v) is 5.35. The lowest BCUT2D eigenvalue weighted by atomic mass is 10.3. The maximum absolute atomic E-state index is 12.1. The number of amides is 1. The minimum absolute atomic E-state index is 0.0822. The number of ether oxygens (including phenoxy) is 2. The lowest BCUT2D eigenvalue weighted by Crippen LogP contribution is -2.22. The molecule has 0 saturated heterocycles. The molecule has 0 aromatic heterocycles. The molecule has 3 N–H and O–H groups in total. The van der Waals surface area contributed by atoms with Gasteiger partial charge in [0.05, 0.1) is 12.3 Å². The van der Waals surface area contributed by atoms with Gasteiger partial charge < -0.3 is 20.5 Å². The number of rotatable bonds is 6. The van der Waals surface area contributed by atoms with Crippen LogP contribution in [0.5, 0.6) is 5.75 Å². The molecule has 0 fully saturated rings. The van der Waals surface area contributed by atoms with Crippen molar-refractivity contribution >= 4 is 11.6 Å². The van der Waals surface area contributed by atoms with E-state index in [1.54, 1.807) is 0 Å². The van der Waals surface area contributed by atoms with Gasteiger partial charge in [-0.3, -0.25) is 4.79 Å². The van der Waals surface area contributed by atoms with Crippen LogP contribution in [0.25, 0.3) is 0 Å². The van der Waals surface area contributed by atoms with Crippen LogP contribution in [0.15, 0.2) is 24.3 Å². The highest BCUT2D eigenvalue weighted by atomic mass is 19.4. The van der Waals surface area contributed by atoms with Crippen molar-refractivity contribution in [1.82, 2.24) is 0 Å². The summed E-state index contributed by atoms with van der Waals surface area (Å²) in [5, 5.41) is 2.26. The van der Waals surface area contributed by atoms with Crippen molar-refractivity contribution < 1.29 is 27.4 Å². The Balaban J connectivity index is 2.64. The number of alkyl halides is 3. The number of benzene rings is 1. The highest BCUT2D eigenvalue weighted by Gasteiger charge is 2.32. The van der Waals surface area contributed by atoms with Crippen LogP contribution in [0.3, 0.4) is 0 Å². The summed E-state index contributed by atoms with van der Waals surface area (Å²) >= 11 is 0. The summed E-state index contributed by atoms with van der Waals surface area (Å²) < 4.78 is 45.0. The number of carbonyl (C=O) groups is 1. The molecule has 0 heterocycles. The molecule has 0 atom stereocenters. The average Bonchev–Trinajstić information content (AvgIpc) is 2.30. The third-order valence-corrected chi connectivity index (χ3v) is 1.88. The number of hydrogen-bond acceptors (Lipinski definition) is 4. The number of halogens is 3.